The summed E-state index contributed by atoms with van der Waals surface area (Å²) in [4.78, 5) is 25.0. The maximum absolute atomic E-state index is 11.7. The summed E-state index contributed by atoms with van der Waals surface area (Å²) in [5, 5.41) is 2.70. The number of amides is 2. The summed E-state index contributed by atoms with van der Waals surface area (Å²) in [6, 6.07) is 0. The molecule has 0 radical (unpaired) electrons. The molecule has 1 N–H and O–H groups in total. The third-order valence-corrected chi connectivity index (χ3v) is 2.94. The van der Waals surface area contributed by atoms with Crippen molar-refractivity contribution in [3.8, 4) is 0 Å². The zero-order valence-electron chi connectivity index (χ0n) is 12.3. The van der Waals surface area contributed by atoms with Crippen molar-refractivity contribution in [1.29, 1.82) is 0 Å². The van der Waals surface area contributed by atoms with Crippen molar-refractivity contribution >= 4 is 12.0 Å². The van der Waals surface area contributed by atoms with E-state index in [1.165, 1.54) is 0 Å². The summed E-state index contributed by atoms with van der Waals surface area (Å²) in [6.07, 6.45) is 4.07. The summed E-state index contributed by atoms with van der Waals surface area (Å²) in [5.74, 6) is 0.245. The lowest BCUT2D eigenvalue weighted by atomic mass is 10.2. The number of nitrogens with one attached hydrogen (secondary N) is 1. The number of hydrogen-bond donors (Lipinski definition) is 1. The van der Waals surface area contributed by atoms with Gasteiger partial charge >= 0.3 is 6.09 Å². The third kappa shape index (κ3) is 7.03. The minimum atomic E-state index is -0.462. The molecule has 0 unspecified atom stereocenters. The monoisotopic (exact) mass is 270 g/mol. The van der Waals surface area contributed by atoms with Crippen LogP contribution in [-0.2, 0) is 9.53 Å². The van der Waals surface area contributed by atoms with Crippen molar-refractivity contribution in [3.05, 3.63) is 0 Å². The molecule has 2 amide bonds. The molecule has 0 aliphatic carbocycles. The van der Waals surface area contributed by atoms with Gasteiger partial charge < -0.3 is 15.0 Å². The van der Waals surface area contributed by atoms with Gasteiger partial charge in [0.15, 0.2) is 0 Å². The Morgan fingerprint density at radius 1 is 1.16 bits per heavy atom. The van der Waals surface area contributed by atoms with E-state index in [1.54, 1.807) is 0 Å². The first-order valence-corrected chi connectivity index (χ1v) is 7.13. The molecule has 1 fully saturated rings. The highest BCUT2D eigenvalue weighted by molar-refractivity contribution is 5.76. The molecule has 0 aromatic rings. The van der Waals surface area contributed by atoms with Gasteiger partial charge in [0.1, 0.15) is 5.60 Å². The van der Waals surface area contributed by atoms with Gasteiger partial charge in [-0.15, -0.1) is 0 Å². The fraction of sp³-hybridized carbons (Fsp3) is 0.857. The van der Waals surface area contributed by atoms with Crippen molar-refractivity contribution in [3.63, 3.8) is 0 Å². The van der Waals surface area contributed by atoms with E-state index in [9.17, 15) is 9.59 Å². The quantitative estimate of drug-likeness (QED) is 0.780. The molecule has 0 saturated carbocycles. The Hall–Kier alpha value is -1.26. The molecule has 0 aromatic heterocycles. The lowest BCUT2D eigenvalue weighted by molar-refractivity contribution is -0.130. The number of nitrogens with zero attached hydrogens (tertiary/aromatic N) is 1. The van der Waals surface area contributed by atoms with Crippen LogP contribution < -0.4 is 5.32 Å². The van der Waals surface area contributed by atoms with Crippen LogP contribution in [0.4, 0.5) is 4.79 Å². The van der Waals surface area contributed by atoms with Crippen LogP contribution in [0.25, 0.3) is 0 Å². The van der Waals surface area contributed by atoms with Crippen molar-refractivity contribution in [2.45, 2.75) is 58.5 Å². The Labute approximate surface area is 115 Å². The molecule has 1 heterocycles. The molecule has 1 rings (SSSR count). The number of alkyl carbamates (subject to hydrolysis) is 1. The van der Waals surface area contributed by atoms with Crippen molar-refractivity contribution < 1.29 is 14.3 Å². The number of ether oxygens (including phenoxy) is 1. The Morgan fingerprint density at radius 2 is 1.79 bits per heavy atom. The van der Waals surface area contributed by atoms with Crippen LogP contribution in [-0.4, -0.2) is 42.1 Å². The predicted octanol–water partition coefficient (Wildman–Crippen LogP) is 2.30. The highest BCUT2D eigenvalue weighted by atomic mass is 16.6. The smallest absolute Gasteiger partial charge is 0.407 e. The second-order valence-corrected chi connectivity index (χ2v) is 5.97. The summed E-state index contributed by atoms with van der Waals surface area (Å²) >= 11 is 0. The molecule has 1 aliphatic heterocycles. The predicted molar refractivity (Wildman–Crippen MR) is 73.9 cm³/mol. The second-order valence-electron chi connectivity index (χ2n) is 5.97. The molecule has 0 aromatic carbocycles. The van der Waals surface area contributed by atoms with E-state index in [4.69, 9.17) is 4.74 Å². The van der Waals surface area contributed by atoms with Gasteiger partial charge in [-0.25, -0.2) is 4.79 Å². The van der Waals surface area contributed by atoms with Gasteiger partial charge in [0.05, 0.1) is 0 Å². The number of carbonyl (C=O) groups excluding carboxylic acids is 2. The van der Waals surface area contributed by atoms with Crippen molar-refractivity contribution in [2.75, 3.05) is 19.6 Å². The first-order valence-electron chi connectivity index (χ1n) is 7.13. The van der Waals surface area contributed by atoms with Crippen LogP contribution in [0, 0.1) is 0 Å². The standard InChI is InChI=1S/C14H26N2O3/c1-14(2,3)19-13(18)15-9-5-4-8-12(17)16-10-6-7-11-16/h4-11H2,1-3H3,(H,15,18). The molecule has 0 bridgehead atoms. The minimum Gasteiger partial charge on any atom is -0.444 e. The SMILES string of the molecule is CC(C)(C)OC(=O)NCCCCC(=O)N1CCCC1. The lowest BCUT2D eigenvalue weighted by Crippen LogP contribution is -2.33. The maximum Gasteiger partial charge on any atom is 0.407 e. The van der Waals surface area contributed by atoms with Crippen LogP contribution in [0.5, 0.6) is 0 Å². The summed E-state index contributed by atoms with van der Waals surface area (Å²) < 4.78 is 5.12. The number of rotatable bonds is 5. The fourth-order valence-corrected chi connectivity index (χ4v) is 2.03. The topological polar surface area (TPSA) is 58.6 Å². The molecule has 1 aliphatic rings. The van der Waals surface area contributed by atoms with Gasteiger partial charge in [-0.3, -0.25) is 4.79 Å². The fourth-order valence-electron chi connectivity index (χ4n) is 2.03. The average molecular weight is 270 g/mol. The first-order chi connectivity index (χ1) is 8.88. The van der Waals surface area contributed by atoms with E-state index < -0.39 is 11.7 Å². The highest BCUT2D eigenvalue weighted by Crippen LogP contribution is 2.10. The van der Waals surface area contributed by atoms with Crippen LogP contribution in [0.1, 0.15) is 52.9 Å². The average Bonchev–Trinajstić information content (AvgIpc) is 2.79. The van der Waals surface area contributed by atoms with E-state index >= 15 is 0 Å². The molecule has 1 saturated heterocycles. The van der Waals surface area contributed by atoms with Crippen LogP contribution >= 0.6 is 0 Å². The van der Waals surface area contributed by atoms with Crippen molar-refractivity contribution in [2.24, 2.45) is 0 Å². The van der Waals surface area contributed by atoms with Gasteiger partial charge in [-0.05, 0) is 46.5 Å². The van der Waals surface area contributed by atoms with Gasteiger partial charge in [-0.2, -0.15) is 0 Å². The normalized spacial score (nSPS) is 15.4. The van der Waals surface area contributed by atoms with Gasteiger partial charge in [-0.1, -0.05) is 0 Å². The van der Waals surface area contributed by atoms with Gasteiger partial charge in [0, 0.05) is 26.1 Å². The summed E-state index contributed by atoms with van der Waals surface area (Å²) in [5.41, 5.74) is -0.462. The molecule has 0 atom stereocenters. The first kappa shape index (κ1) is 15.8. The minimum absolute atomic E-state index is 0.245. The molecule has 0 spiro atoms. The summed E-state index contributed by atoms with van der Waals surface area (Å²) in [7, 11) is 0. The lowest BCUT2D eigenvalue weighted by Gasteiger charge is -2.19. The summed E-state index contributed by atoms with van der Waals surface area (Å²) in [6.45, 7) is 7.88. The van der Waals surface area contributed by atoms with E-state index in [0.29, 0.717) is 13.0 Å². The maximum atomic E-state index is 11.7. The van der Waals surface area contributed by atoms with Gasteiger partial charge in [0.2, 0.25) is 5.91 Å². The molecular weight excluding hydrogens is 244 g/mol. The molecular formula is C14H26N2O3. The Balaban J connectivity index is 2.01. The third-order valence-electron chi connectivity index (χ3n) is 2.94. The highest BCUT2D eigenvalue weighted by Gasteiger charge is 2.17. The molecule has 5 heteroatoms. The number of carbonyl (C=O) groups is 2. The molecule has 5 nitrogen and oxygen atoms in total. The largest absolute Gasteiger partial charge is 0.444 e. The van der Waals surface area contributed by atoms with Crippen LogP contribution in [0.15, 0.2) is 0 Å². The Bertz CT molecular complexity index is 304. The number of unbranched alkanes of at least 4 members (excludes halogenated alkanes) is 1. The second kappa shape index (κ2) is 7.36. The van der Waals surface area contributed by atoms with E-state index in [1.807, 2.05) is 25.7 Å². The molecule has 110 valence electrons. The Kier molecular flexibility index (Phi) is 6.12. The number of hydrogen-bond acceptors (Lipinski definition) is 3. The van der Waals surface area contributed by atoms with Crippen molar-refractivity contribution in [1.82, 2.24) is 10.2 Å². The zero-order chi connectivity index (χ0) is 14.3. The van der Waals surface area contributed by atoms with Gasteiger partial charge in [0.25, 0.3) is 0 Å². The Morgan fingerprint density at radius 3 is 2.37 bits per heavy atom. The number of likely N-dealkylation sites (tertiary alicyclic amines) is 1. The van der Waals surface area contributed by atoms with Crippen LogP contribution in [0.3, 0.4) is 0 Å². The van der Waals surface area contributed by atoms with E-state index in [0.717, 1.165) is 38.8 Å². The van der Waals surface area contributed by atoms with E-state index in [2.05, 4.69) is 5.32 Å². The van der Waals surface area contributed by atoms with E-state index in [-0.39, 0.29) is 5.91 Å². The molecule has 19 heavy (non-hydrogen) atoms. The van der Waals surface area contributed by atoms with Crippen LogP contribution in [0.2, 0.25) is 0 Å². The zero-order valence-corrected chi connectivity index (χ0v) is 12.3.